The predicted molar refractivity (Wildman–Crippen MR) is 146 cm³/mol. The van der Waals surface area contributed by atoms with Gasteiger partial charge in [0.05, 0.1) is 24.1 Å². The van der Waals surface area contributed by atoms with Gasteiger partial charge >= 0.3 is 18.2 Å². The average molecular weight is 564 g/mol. The smallest absolute Gasteiger partial charge is 0.410 e. The molecule has 2 saturated heterocycles. The van der Waals surface area contributed by atoms with E-state index in [9.17, 15) is 29.4 Å². The number of likely N-dealkylation sites (tertiary alicyclic amines) is 1. The molecule has 0 aliphatic carbocycles. The Kier molecular flexibility index (Phi) is 9.89. The Labute approximate surface area is 232 Å². The van der Waals surface area contributed by atoms with Gasteiger partial charge in [0.1, 0.15) is 18.9 Å². The lowest BCUT2D eigenvalue weighted by Gasteiger charge is -2.46. The molecule has 0 aromatic rings. The topological polar surface area (TPSA) is 137 Å². The van der Waals surface area contributed by atoms with Crippen molar-refractivity contribution in [3.8, 4) is 0 Å². The first-order valence-electron chi connectivity index (χ1n) is 12.8. The van der Waals surface area contributed by atoms with Crippen molar-refractivity contribution in [2.24, 2.45) is 11.8 Å². The number of aliphatic carboxylic acids is 1. The highest BCUT2D eigenvalue weighted by Crippen LogP contribution is 2.52. The molecule has 0 aromatic carbocycles. The van der Waals surface area contributed by atoms with Crippen LogP contribution in [0.3, 0.4) is 0 Å². The molecular weight excluding hydrogens is 526 g/mol. The lowest BCUT2D eigenvalue weighted by molar-refractivity contribution is -0.163. The number of carbonyl (C=O) groups excluding carboxylic acids is 3. The van der Waals surface area contributed by atoms with E-state index < -0.39 is 36.2 Å². The summed E-state index contributed by atoms with van der Waals surface area (Å²) in [6, 6.07) is -0.762. The molecule has 39 heavy (non-hydrogen) atoms. The van der Waals surface area contributed by atoms with Crippen molar-refractivity contribution in [3.05, 3.63) is 47.6 Å². The van der Waals surface area contributed by atoms with E-state index >= 15 is 0 Å². The summed E-state index contributed by atoms with van der Waals surface area (Å²) in [6.07, 6.45) is 3.47. The van der Waals surface area contributed by atoms with Gasteiger partial charge in [0.25, 0.3) is 0 Å². The maximum absolute atomic E-state index is 12.9. The molecular formula is C27H37N3O8S. The Morgan fingerprint density at radius 3 is 2.46 bits per heavy atom. The largest absolute Gasteiger partial charge is 0.477 e. The van der Waals surface area contributed by atoms with Crippen molar-refractivity contribution in [2.75, 3.05) is 33.4 Å². The minimum atomic E-state index is -1.19. The minimum absolute atomic E-state index is 0.0463. The van der Waals surface area contributed by atoms with E-state index in [4.69, 9.17) is 9.47 Å². The van der Waals surface area contributed by atoms with E-state index in [1.54, 1.807) is 11.9 Å². The van der Waals surface area contributed by atoms with Crippen LogP contribution in [0.25, 0.3) is 0 Å². The number of aliphatic hydroxyl groups is 1. The Bertz CT molecular complexity index is 1090. The number of hydrogen-bond donors (Lipinski definition) is 2. The van der Waals surface area contributed by atoms with Crippen molar-refractivity contribution >= 4 is 35.8 Å². The van der Waals surface area contributed by atoms with Gasteiger partial charge in [-0.15, -0.1) is 11.8 Å². The Balaban J connectivity index is 1.80. The van der Waals surface area contributed by atoms with Crippen LogP contribution >= 0.6 is 11.8 Å². The molecule has 6 atom stereocenters. The number of carboxylic acid groups (broad SMARTS) is 1. The van der Waals surface area contributed by atoms with Gasteiger partial charge in [-0.2, -0.15) is 0 Å². The van der Waals surface area contributed by atoms with Crippen molar-refractivity contribution in [1.29, 1.82) is 0 Å². The molecule has 3 heterocycles. The minimum Gasteiger partial charge on any atom is -0.477 e. The van der Waals surface area contributed by atoms with E-state index in [1.165, 1.54) is 40.6 Å². The quantitative estimate of drug-likeness (QED) is 0.287. The second-order valence-corrected chi connectivity index (χ2v) is 11.4. The first kappa shape index (κ1) is 30.3. The summed E-state index contributed by atoms with van der Waals surface area (Å²) in [4.78, 5) is 54.7. The molecule has 0 radical (unpaired) electrons. The molecule has 3 rings (SSSR count). The van der Waals surface area contributed by atoms with Crippen LogP contribution in [0.15, 0.2) is 47.6 Å². The number of aliphatic hydroxyl groups excluding tert-OH is 1. The highest BCUT2D eigenvalue weighted by atomic mass is 32.2. The summed E-state index contributed by atoms with van der Waals surface area (Å²) in [5, 5.41) is 19.9. The first-order chi connectivity index (χ1) is 18.4. The van der Waals surface area contributed by atoms with E-state index in [0.717, 1.165) is 5.57 Å². The van der Waals surface area contributed by atoms with Crippen LogP contribution in [0.2, 0.25) is 0 Å². The Morgan fingerprint density at radius 1 is 1.23 bits per heavy atom. The molecule has 2 fully saturated rings. The van der Waals surface area contributed by atoms with E-state index in [2.05, 4.69) is 13.2 Å². The number of ether oxygens (including phenoxy) is 2. The van der Waals surface area contributed by atoms with Gasteiger partial charge in [0.2, 0.25) is 5.91 Å². The summed E-state index contributed by atoms with van der Waals surface area (Å²) in [6.45, 7) is 13.1. The highest BCUT2D eigenvalue weighted by molar-refractivity contribution is 8.03. The fourth-order valence-corrected chi connectivity index (χ4v) is 6.95. The van der Waals surface area contributed by atoms with Gasteiger partial charge in [-0.05, 0) is 20.3 Å². The number of fused-ring (bicyclic) bond motifs is 1. The molecule has 0 aromatic heterocycles. The zero-order chi connectivity index (χ0) is 29.0. The van der Waals surface area contributed by atoms with Crippen molar-refractivity contribution in [1.82, 2.24) is 14.7 Å². The van der Waals surface area contributed by atoms with Crippen LogP contribution < -0.4 is 0 Å². The number of thioether (sulfide) groups is 1. The maximum atomic E-state index is 12.9. The number of hydrogen-bond acceptors (Lipinski definition) is 8. The third-order valence-electron chi connectivity index (χ3n) is 7.07. The molecule has 0 unspecified atom stereocenters. The van der Waals surface area contributed by atoms with Crippen LogP contribution in [0.4, 0.5) is 9.59 Å². The molecule has 12 heteroatoms. The van der Waals surface area contributed by atoms with Gasteiger partial charge < -0.3 is 34.4 Å². The normalized spacial score (nSPS) is 27.1. The van der Waals surface area contributed by atoms with Crippen LogP contribution in [0, 0.1) is 11.8 Å². The molecule has 3 aliphatic rings. The summed E-state index contributed by atoms with van der Waals surface area (Å²) in [5.74, 6) is -2.49. The monoisotopic (exact) mass is 563 g/mol. The van der Waals surface area contributed by atoms with Crippen molar-refractivity contribution in [2.45, 2.75) is 50.6 Å². The number of likely N-dealkylation sites (N-methyl/N-ethyl adjacent to an activating group) is 1. The molecule has 0 saturated carbocycles. The zero-order valence-electron chi connectivity index (χ0n) is 22.7. The molecule has 3 aliphatic heterocycles. The number of carbonyl (C=O) groups is 4. The molecule has 3 amide bonds. The summed E-state index contributed by atoms with van der Waals surface area (Å²) < 4.78 is 10.4. The van der Waals surface area contributed by atoms with E-state index in [1.807, 2.05) is 19.9 Å². The average Bonchev–Trinajstić information content (AvgIpc) is 3.37. The van der Waals surface area contributed by atoms with Gasteiger partial charge in [-0.25, -0.2) is 14.4 Å². The first-order valence-corrected chi connectivity index (χ1v) is 13.7. The van der Waals surface area contributed by atoms with Crippen LogP contribution in [-0.2, 0) is 19.1 Å². The third kappa shape index (κ3) is 6.33. The van der Waals surface area contributed by atoms with Crippen LogP contribution in [-0.4, -0.2) is 106 Å². The molecule has 11 nitrogen and oxygen atoms in total. The van der Waals surface area contributed by atoms with Gasteiger partial charge in [-0.1, -0.05) is 43.9 Å². The Morgan fingerprint density at radius 2 is 1.87 bits per heavy atom. The third-order valence-corrected chi connectivity index (χ3v) is 8.56. The van der Waals surface area contributed by atoms with E-state index in [-0.39, 0.29) is 48.6 Å². The number of rotatable bonds is 11. The SMILES string of the molecule is C=CCOC(=O)N(C)C/C(C)=C\[C@@H]1C[C@H](SC2=C(C(=O)O)N3C(=O)[C@H]([C@@H](C)O)[C@H]3[C@H]2C)CN1C(=O)OCC=C. The lowest BCUT2D eigenvalue weighted by atomic mass is 9.79. The number of nitrogens with zero attached hydrogens (tertiary/aromatic N) is 3. The highest BCUT2D eigenvalue weighted by Gasteiger charge is 2.60. The van der Waals surface area contributed by atoms with Gasteiger partial charge in [0, 0.05) is 36.2 Å². The van der Waals surface area contributed by atoms with Crippen LogP contribution in [0.5, 0.6) is 0 Å². The summed E-state index contributed by atoms with van der Waals surface area (Å²) in [5.41, 5.74) is 0.787. The van der Waals surface area contributed by atoms with Gasteiger partial charge in [-0.3, -0.25) is 4.79 Å². The standard InChI is InChI=1S/C27H37N3O8S/c1-7-9-37-26(35)28(6)13-15(3)11-18-12-19(14-29(18)27(36)38-10-8-2)39-23-16(4)21-20(17(5)31)24(32)30(21)22(23)25(33)34/h7-8,11,16-21,31H,1-2,9-10,12-14H2,3-6H3,(H,33,34)/b15-11-/t16-,17-,18-,19+,20-,21-/m1/s1. The van der Waals surface area contributed by atoms with Gasteiger partial charge in [0.15, 0.2) is 0 Å². The second-order valence-electron chi connectivity index (χ2n) is 10.1. The predicted octanol–water partition coefficient (Wildman–Crippen LogP) is 2.84. The summed E-state index contributed by atoms with van der Waals surface area (Å²) in [7, 11) is 1.61. The second kappa shape index (κ2) is 12.7. The molecule has 2 N–H and O–H groups in total. The maximum Gasteiger partial charge on any atom is 0.410 e. The van der Waals surface area contributed by atoms with Crippen LogP contribution in [0.1, 0.15) is 27.2 Å². The number of amides is 3. The Hall–Kier alpha value is -3.25. The number of β-lactam (4-membered cyclic amide) rings is 1. The zero-order valence-corrected chi connectivity index (χ0v) is 23.6. The fourth-order valence-electron chi connectivity index (χ4n) is 5.41. The molecule has 0 bridgehead atoms. The number of carboxylic acids is 1. The van der Waals surface area contributed by atoms with Crippen molar-refractivity contribution < 1.29 is 38.9 Å². The fraction of sp³-hybridized carbons (Fsp3) is 0.556. The lowest BCUT2D eigenvalue weighted by Crippen LogP contribution is -2.63. The molecule has 0 spiro atoms. The van der Waals surface area contributed by atoms with Crippen molar-refractivity contribution in [3.63, 3.8) is 0 Å². The summed E-state index contributed by atoms with van der Waals surface area (Å²) >= 11 is 1.36. The molecule has 214 valence electrons. The van der Waals surface area contributed by atoms with E-state index in [0.29, 0.717) is 17.9 Å².